The lowest BCUT2D eigenvalue weighted by molar-refractivity contribution is -0.137. The summed E-state index contributed by atoms with van der Waals surface area (Å²) >= 11 is 0. The monoisotopic (exact) mass is 336 g/mol. The summed E-state index contributed by atoms with van der Waals surface area (Å²) < 4.78 is 37.7. The van der Waals surface area contributed by atoms with Gasteiger partial charge in [-0.15, -0.1) is 0 Å². The van der Waals surface area contributed by atoms with Gasteiger partial charge in [0.2, 0.25) is 0 Å². The molecule has 0 aromatic carbocycles. The Bertz CT molecular complexity index is 635. The van der Waals surface area contributed by atoms with E-state index in [4.69, 9.17) is 0 Å². The van der Waals surface area contributed by atoms with Crippen molar-refractivity contribution in [1.29, 1.82) is 0 Å². The maximum atomic E-state index is 12.6. The molecule has 3 rings (SSSR count). The largest absolute Gasteiger partial charge is 0.417 e. The minimum atomic E-state index is -4.34. The Labute approximate surface area is 138 Å². The highest BCUT2D eigenvalue weighted by Gasteiger charge is 2.31. The van der Waals surface area contributed by atoms with E-state index in [-0.39, 0.29) is 0 Å². The fourth-order valence-corrected chi connectivity index (χ4v) is 2.81. The Morgan fingerprint density at radius 1 is 1.08 bits per heavy atom. The highest BCUT2D eigenvalue weighted by Crippen LogP contribution is 2.29. The number of nitrogens with one attached hydrogen (secondary N) is 1. The topological polar surface area (TPSA) is 41.0 Å². The van der Waals surface area contributed by atoms with Crippen molar-refractivity contribution in [1.82, 2.24) is 15.3 Å². The molecular formula is C17H19F3N4. The number of halogens is 3. The van der Waals surface area contributed by atoms with E-state index in [2.05, 4.69) is 15.3 Å². The molecule has 1 fully saturated rings. The predicted octanol–water partition coefficient (Wildman–Crippen LogP) is 3.25. The minimum absolute atomic E-state index is 0.387. The zero-order chi connectivity index (χ0) is 17.0. The number of hydrogen-bond donors (Lipinski definition) is 1. The van der Waals surface area contributed by atoms with Crippen molar-refractivity contribution in [2.75, 3.05) is 18.0 Å². The molecule has 0 unspecified atom stereocenters. The fourth-order valence-electron chi connectivity index (χ4n) is 2.81. The first kappa shape index (κ1) is 16.7. The number of rotatable bonds is 4. The molecule has 24 heavy (non-hydrogen) atoms. The maximum Gasteiger partial charge on any atom is 0.417 e. The van der Waals surface area contributed by atoms with Gasteiger partial charge in [-0.25, -0.2) is 4.98 Å². The molecular weight excluding hydrogens is 317 g/mol. The third kappa shape index (κ3) is 4.23. The third-order valence-corrected chi connectivity index (χ3v) is 4.19. The summed E-state index contributed by atoms with van der Waals surface area (Å²) in [6, 6.07) is 8.76. The van der Waals surface area contributed by atoms with E-state index in [1.165, 1.54) is 6.07 Å². The molecule has 1 N–H and O–H groups in total. The molecule has 0 bridgehead atoms. The molecule has 2 aromatic heterocycles. The Morgan fingerprint density at radius 3 is 2.46 bits per heavy atom. The number of piperidine rings is 1. The zero-order valence-electron chi connectivity index (χ0n) is 13.1. The molecule has 0 aliphatic carbocycles. The number of hydrogen-bond acceptors (Lipinski definition) is 4. The molecule has 1 aliphatic rings. The Hall–Kier alpha value is -2.15. The van der Waals surface area contributed by atoms with Gasteiger partial charge in [-0.05, 0) is 37.1 Å². The molecule has 4 nitrogen and oxygen atoms in total. The number of pyridine rings is 2. The predicted molar refractivity (Wildman–Crippen MR) is 85.6 cm³/mol. The van der Waals surface area contributed by atoms with Crippen molar-refractivity contribution in [3.05, 3.63) is 54.0 Å². The standard InChI is InChI=1S/C17H19F3N4/c18-17(19,20)13-4-5-16(23-11-13)24-9-6-14(7-10-24)22-12-15-3-1-2-8-21-15/h1-5,8,11,14,22H,6-7,9-10,12H2. The highest BCUT2D eigenvalue weighted by atomic mass is 19.4. The van der Waals surface area contributed by atoms with E-state index in [0.717, 1.165) is 50.4 Å². The molecule has 0 radical (unpaired) electrons. The summed E-state index contributed by atoms with van der Waals surface area (Å²) in [6.07, 6.45) is 0.190. The molecule has 0 saturated carbocycles. The normalized spacial score (nSPS) is 16.4. The summed E-state index contributed by atoms with van der Waals surface area (Å²) in [6.45, 7) is 2.28. The van der Waals surface area contributed by atoms with Crippen LogP contribution >= 0.6 is 0 Å². The van der Waals surface area contributed by atoms with Gasteiger partial charge in [-0.3, -0.25) is 4.98 Å². The molecule has 7 heteroatoms. The number of nitrogens with zero attached hydrogens (tertiary/aromatic N) is 3. The van der Waals surface area contributed by atoms with E-state index in [0.29, 0.717) is 11.9 Å². The molecule has 0 atom stereocenters. The van der Waals surface area contributed by atoms with Crippen LogP contribution in [0.1, 0.15) is 24.1 Å². The van der Waals surface area contributed by atoms with Gasteiger partial charge in [0.1, 0.15) is 5.82 Å². The maximum absolute atomic E-state index is 12.6. The van der Waals surface area contributed by atoms with Crippen molar-refractivity contribution < 1.29 is 13.2 Å². The van der Waals surface area contributed by atoms with E-state index in [1.54, 1.807) is 6.20 Å². The van der Waals surface area contributed by atoms with E-state index >= 15 is 0 Å². The van der Waals surface area contributed by atoms with Crippen LogP contribution in [0, 0.1) is 0 Å². The Kier molecular flexibility index (Phi) is 4.99. The minimum Gasteiger partial charge on any atom is -0.357 e. The first-order chi connectivity index (χ1) is 11.5. The van der Waals surface area contributed by atoms with Crippen molar-refractivity contribution >= 4 is 5.82 Å². The van der Waals surface area contributed by atoms with Crippen molar-refractivity contribution in [2.45, 2.75) is 31.6 Å². The van der Waals surface area contributed by atoms with Gasteiger partial charge in [-0.2, -0.15) is 13.2 Å². The second kappa shape index (κ2) is 7.17. The lowest BCUT2D eigenvalue weighted by Crippen LogP contribution is -2.42. The molecule has 1 aliphatic heterocycles. The average molecular weight is 336 g/mol. The van der Waals surface area contributed by atoms with Crippen molar-refractivity contribution in [2.24, 2.45) is 0 Å². The molecule has 128 valence electrons. The second-order valence-electron chi connectivity index (χ2n) is 5.87. The lowest BCUT2D eigenvalue weighted by Gasteiger charge is -2.33. The van der Waals surface area contributed by atoms with Crippen LogP contribution in [0.2, 0.25) is 0 Å². The summed E-state index contributed by atoms with van der Waals surface area (Å²) in [5, 5.41) is 3.48. The number of alkyl halides is 3. The van der Waals surface area contributed by atoms with E-state index < -0.39 is 11.7 Å². The number of aromatic nitrogens is 2. The molecule has 0 spiro atoms. The summed E-state index contributed by atoms with van der Waals surface area (Å²) in [7, 11) is 0. The van der Waals surface area contributed by atoms with Crippen molar-refractivity contribution in [3.63, 3.8) is 0 Å². The van der Waals surface area contributed by atoms with Crippen LogP contribution in [-0.2, 0) is 12.7 Å². The lowest BCUT2D eigenvalue weighted by atomic mass is 10.0. The van der Waals surface area contributed by atoms with Crippen LogP contribution in [0.4, 0.5) is 19.0 Å². The molecule has 1 saturated heterocycles. The highest BCUT2D eigenvalue weighted by molar-refractivity contribution is 5.40. The average Bonchev–Trinajstić information content (AvgIpc) is 2.61. The number of anilines is 1. The van der Waals surface area contributed by atoms with Gasteiger partial charge in [0.25, 0.3) is 0 Å². The SMILES string of the molecule is FC(F)(F)c1ccc(N2CCC(NCc3ccccn3)CC2)nc1. The fraction of sp³-hybridized carbons (Fsp3) is 0.412. The smallest absolute Gasteiger partial charge is 0.357 e. The van der Waals surface area contributed by atoms with Gasteiger partial charge in [0.15, 0.2) is 0 Å². The van der Waals surface area contributed by atoms with Crippen LogP contribution in [0.5, 0.6) is 0 Å². The van der Waals surface area contributed by atoms with Crippen LogP contribution in [0.3, 0.4) is 0 Å². The van der Waals surface area contributed by atoms with Gasteiger partial charge in [-0.1, -0.05) is 6.07 Å². The second-order valence-corrected chi connectivity index (χ2v) is 5.87. The molecule has 2 aromatic rings. The van der Waals surface area contributed by atoms with Gasteiger partial charge in [0, 0.05) is 38.1 Å². The van der Waals surface area contributed by atoms with Crippen LogP contribution in [-0.4, -0.2) is 29.1 Å². The quantitative estimate of drug-likeness (QED) is 0.930. The van der Waals surface area contributed by atoms with E-state index in [9.17, 15) is 13.2 Å². The third-order valence-electron chi connectivity index (χ3n) is 4.19. The van der Waals surface area contributed by atoms with Gasteiger partial charge < -0.3 is 10.2 Å². The van der Waals surface area contributed by atoms with E-state index in [1.807, 2.05) is 23.1 Å². The first-order valence-electron chi connectivity index (χ1n) is 7.94. The Balaban J connectivity index is 1.50. The van der Waals surface area contributed by atoms with Gasteiger partial charge >= 0.3 is 6.18 Å². The zero-order valence-corrected chi connectivity index (χ0v) is 13.1. The van der Waals surface area contributed by atoms with Crippen LogP contribution in [0.15, 0.2) is 42.7 Å². The van der Waals surface area contributed by atoms with Crippen LogP contribution in [0.25, 0.3) is 0 Å². The first-order valence-corrected chi connectivity index (χ1v) is 7.94. The van der Waals surface area contributed by atoms with Crippen LogP contribution < -0.4 is 10.2 Å². The Morgan fingerprint density at radius 2 is 1.88 bits per heavy atom. The summed E-state index contributed by atoms with van der Waals surface area (Å²) in [4.78, 5) is 10.3. The molecule has 0 amide bonds. The molecule has 3 heterocycles. The van der Waals surface area contributed by atoms with Crippen molar-refractivity contribution in [3.8, 4) is 0 Å². The summed E-state index contributed by atoms with van der Waals surface area (Å²) in [5.41, 5.74) is 0.294. The van der Waals surface area contributed by atoms with Gasteiger partial charge in [0.05, 0.1) is 11.3 Å². The summed E-state index contributed by atoms with van der Waals surface area (Å²) in [5.74, 6) is 0.603.